The van der Waals surface area contributed by atoms with Crippen LogP contribution in [0.25, 0.3) is 22.0 Å². The standard InChI is InChI=1S/C22H21NO6/c1-27-16-8-7-15-17-19(13-5-3-4-6-14(13)20(17)25)23(9-11-29-12-10-24)22(26)18(15)21(16)28-2/h3-8,24H,9-12H2,1-2H3. The molecular formula is C22H21NO6. The first kappa shape index (κ1) is 19.2. The molecule has 0 unspecified atom stereocenters. The van der Waals surface area contributed by atoms with Crippen LogP contribution in [0.15, 0.2) is 41.2 Å². The number of hydrogen-bond donors (Lipinski definition) is 1. The van der Waals surface area contributed by atoms with Gasteiger partial charge in [-0.1, -0.05) is 24.3 Å². The van der Waals surface area contributed by atoms with Crippen LogP contribution in [0, 0.1) is 0 Å². The van der Waals surface area contributed by atoms with Crippen molar-refractivity contribution in [2.45, 2.75) is 6.54 Å². The van der Waals surface area contributed by atoms with Crippen molar-refractivity contribution >= 4 is 16.6 Å². The maximum atomic E-state index is 13.5. The van der Waals surface area contributed by atoms with E-state index in [0.717, 1.165) is 5.56 Å². The predicted molar refractivity (Wildman–Crippen MR) is 108 cm³/mol. The largest absolute Gasteiger partial charge is 0.493 e. The molecule has 1 aliphatic carbocycles. The molecule has 4 rings (SSSR count). The number of ether oxygens (including phenoxy) is 3. The summed E-state index contributed by atoms with van der Waals surface area (Å²) in [5.74, 6) is 0.590. The molecule has 0 radical (unpaired) electrons. The third-order valence-corrected chi connectivity index (χ3v) is 5.13. The lowest BCUT2D eigenvalue weighted by atomic mass is 10.0. The molecule has 0 saturated carbocycles. The van der Waals surface area contributed by atoms with E-state index < -0.39 is 0 Å². The minimum atomic E-state index is -0.286. The third kappa shape index (κ3) is 2.90. The van der Waals surface area contributed by atoms with Crippen LogP contribution in [0.3, 0.4) is 0 Å². The average molecular weight is 395 g/mol. The molecule has 1 aromatic heterocycles. The van der Waals surface area contributed by atoms with Gasteiger partial charge < -0.3 is 23.9 Å². The van der Waals surface area contributed by atoms with E-state index in [-0.39, 0.29) is 37.7 Å². The Hall–Kier alpha value is -3.16. The van der Waals surface area contributed by atoms with Gasteiger partial charge in [0.1, 0.15) is 0 Å². The van der Waals surface area contributed by atoms with Crippen LogP contribution in [-0.2, 0) is 11.3 Å². The van der Waals surface area contributed by atoms with Crippen molar-refractivity contribution in [3.63, 3.8) is 0 Å². The quantitative estimate of drug-likeness (QED) is 0.483. The Morgan fingerprint density at radius 3 is 2.41 bits per heavy atom. The van der Waals surface area contributed by atoms with E-state index in [0.29, 0.717) is 39.1 Å². The van der Waals surface area contributed by atoms with Gasteiger partial charge in [0.25, 0.3) is 5.56 Å². The third-order valence-electron chi connectivity index (χ3n) is 5.13. The second-order valence-electron chi connectivity index (χ2n) is 6.61. The van der Waals surface area contributed by atoms with Crippen LogP contribution in [0.4, 0.5) is 0 Å². The molecule has 0 fully saturated rings. The van der Waals surface area contributed by atoms with E-state index >= 15 is 0 Å². The first-order valence-electron chi connectivity index (χ1n) is 9.28. The fraction of sp³-hybridized carbons (Fsp3) is 0.273. The van der Waals surface area contributed by atoms with Gasteiger partial charge in [-0.3, -0.25) is 9.59 Å². The summed E-state index contributed by atoms with van der Waals surface area (Å²) in [5.41, 5.74) is 2.07. The van der Waals surface area contributed by atoms with Gasteiger partial charge in [0.2, 0.25) is 0 Å². The minimum absolute atomic E-state index is 0.100. The number of carbonyl (C=O) groups is 1. The lowest BCUT2D eigenvalue weighted by Crippen LogP contribution is -2.26. The van der Waals surface area contributed by atoms with Crippen molar-refractivity contribution in [1.82, 2.24) is 4.57 Å². The van der Waals surface area contributed by atoms with Crippen molar-refractivity contribution in [3.8, 4) is 22.8 Å². The molecule has 1 aliphatic rings. The summed E-state index contributed by atoms with van der Waals surface area (Å²) in [6.07, 6.45) is 0. The van der Waals surface area contributed by atoms with Crippen molar-refractivity contribution in [2.24, 2.45) is 0 Å². The monoisotopic (exact) mass is 395 g/mol. The number of carbonyl (C=O) groups excluding carboxylic acids is 1. The van der Waals surface area contributed by atoms with Gasteiger partial charge in [-0.15, -0.1) is 0 Å². The molecule has 3 aromatic rings. The number of aromatic nitrogens is 1. The van der Waals surface area contributed by atoms with E-state index in [9.17, 15) is 9.59 Å². The number of benzene rings is 2. The van der Waals surface area contributed by atoms with Gasteiger partial charge >= 0.3 is 0 Å². The molecule has 7 nitrogen and oxygen atoms in total. The molecule has 0 bridgehead atoms. The van der Waals surface area contributed by atoms with Gasteiger partial charge in [0.05, 0.1) is 50.7 Å². The zero-order valence-electron chi connectivity index (χ0n) is 16.2. The molecule has 1 heterocycles. The topological polar surface area (TPSA) is 87.0 Å². The Kier molecular flexibility index (Phi) is 5.08. The zero-order chi connectivity index (χ0) is 20.5. The molecule has 0 amide bonds. The summed E-state index contributed by atoms with van der Waals surface area (Å²) >= 11 is 0. The fourth-order valence-electron chi connectivity index (χ4n) is 3.91. The fourth-order valence-corrected chi connectivity index (χ4v) is 3.91. The summed E-state index contributed by atoms with van der Waals surface area (Å²) < 4.78 is 17.8. The number of hydrogen-bond acceptors (Lipinski definition) is 6. The van der Waals surface area contributed by atoms with Crippen molar-refractivity contribution in [1.29, 1.82) is 0 Å². The Bertz CT molecular complexity index is 1160. The minimum Gasteiger partial charge on any atom is -0.493 e. The second kappa shape index (κ2) is 7.69. The molecule has 7 heteroatoms. The average Bonchev–Trinajstić information content (AvgIpc) is 3.05. The van der Waals surface area contributed by atoms with Gasteiger partial charge in [0, 0.05) is 23.1 Å². The van der Waals surface area contributed by atoms with Crippen molar-refractivity contribution in [3.05, 3.63) is 57.9 Å². The van der Waals surface area contributed by atoms with Crippen molar-refractivity contribution in [2.75, 3.05) is 34.0 Å². The van der Waals surface area contributed by atoms with Gasteiger partial charge in [0.15, 0.2) is 17.3 Å². The molecule has 29 heavy (non-hydrogen) atoms. The number of fused-ring (bicyclic) bond motifs is 5. The number of aliphatic hydroxyl groups is 1. The van der Waals surface area contributed by atoms with E-state index in [4.69, 9.17) is 19.3 Å². The molecule has 0 aliphatic heterocycles. The summed E-state index contributed by atoms with van der Waals surface area (Å²) in [7, 11) is 2.97. The van der Waals surface area contributed by atoms with Crippen LogP contribution in [-0.4, -0.2) is 49.5 Å². The first-order chi connectivity index (χ1) is 14.1. The molecule has 150 valence electrons. The highest BCUT2D eigenvalue weighted by Gasteiger charge is 2.33. The maximum absolute atomic E-state index is 13.5. The van der Waals surface area contributed by atoms with Gasteiger partial charge in [-0.05, 0) is 12.1 Å². The maximum Gasteiger partial charge on any atom is 0.262 e. The van der Waals surface area contributed by atoms with E-state index in [1.807, 2.05) is 12.1 Å². The number of rotatable bonds is 7. The molecule has 0 spiro atoms. The number of methoxy groups -OCH3 is 2. The van der Waals surface area contributed by atoms with Crippen LogP contribution in [0.2, 0.25) is 0 Å². The molecule has 2 aromatic carbocycles. The Morgan fingerprint density at radius 1 is 0.966 bits per heavy atom. The predicted octanol–water partition coefficient (Wildman–Crippen LogP) is 2.24. The van der Waals surface area contributed by atoms with E-state index in [2.05, 4.69) is 0 Å². The summed E-state index contributed by atoms with van der Waals surface area (Å²) in [4.78, 5) is 26.8. The zero-order valence-corrected chi connectivity index (χ0v) is 16.2. The number of ketones is 1. The Labute approximate surface area is 167 Å². The number of nitrogens with zero attached hydrogens (tertiary/aromatic N) is 1. The summed E-state index contributed by atoms with van der Waals surface area (Å²) in [6, 6.07) is 10.7. The Morgan fingerprint density at radius 2 is 1.72 bits per heavy atom. The van der Waals surface area contributed by atoms with E-state index in [1.54, 1.807) is 28.8 Å². The lowest BCUT2D eigenvalue weighted by molar-refractivity contribution is 0.0868. The summed E-state index contributed by atoms with van der Waals surface area (Å²) in [6.45, 7) is 0.536. The highest BCUT2D eigenvalue weighted by Crippen LogP contribution is 2.42. The second-order valence-corrected chi connectivity index (χ2v) is 6.61. The van der Waals surface area contributed by atoms with Gasteiger partial charge in [-0.2, -0.15) is 0 Å². The molecule has 0 saturated heterocycles. The van der Waals surface area contributed by atoms with Crippen LogP contribution < -0.4 is 15.0 Å². The van der Waals surface area contributed by atoms with Gasteiger partial charge in [-0.25, -0.2) is 0 Å². The highest BCUT2D eigenvalue weighted by molar-refractivity contribution is 6.27. The van der Waals surface area contributed by atoms with Crippen LogP contribution >= 0.6 is 0 Å². The Balaban J connectivity index is 2.06. The molecule has 1 N–H and O–H groups in total. The van der Waals surface area contributed by atoms with E-state index in [1.165, 1.54) is 14.2 Å². The normalized spacial score (nSPS) is 12.2. The highest BCUT2D eigenvalue weighted by atomic mass is 16.5. The lowest BCUT2D eigenvalue weighted by Gasteiger charge is -2.17. The molecular weight excluding hydrogens is 374 g/mol. The van der Waals surface area contributed by atoms with Crippen LogP contribution in [0.5, 0.6) is 11.5 Å². The smallest absolute Gasteiger partial charge is 0.262 e. The van der Waals surface area contributed by atoms with Crippen molar-refractivity contribution < 1.29 is 24.1 Å². The molecule has 0 atom stereocenters. The SMILES string of the molecule is COc1ccc2c3c(n(CCOCCO)c(=O)c2c1OC)-c1ccccc1C3=O. The number of pyridine rings is 1. The number of aliphatic hydroxyl groups excluding tert-OH is 1. The van der Waals surface area contributed by atoms with Crippen LogP contribution in [0.1, 0.15) is 15.9 Å². The summed E-state index contributed by atoms with van der Waals surface area (Å²) in [5, 5.41) is 9.77. The first-order valence-corrected chi connectivity index (χ1v) is 9.28.